The molecule has 0 aliphatic carbocycles. The molecule has 1 saturated heterocycles. The number of hydrogen-bond donors (Lipinski definition) is 2. The van der Waals surface area contributed by atoms with E-state index in [1.807, 2.05) is 30.3 Å². The summed E-state index contributed by atoms with van der Waals surface area (Å²) in [7, 11) is -3.46. The predicted molar refractivity (Wildman–Crippen MR) is 128 cm³/mol. The number of amides is 2. The van der Waals surface area contributed by atoms with Crippen molar-refractivity contribution in [2.24, 2.45) is 0 Å². The van der Waals surface area contributed by atoms with Gasteiger partial charge in [0, 0.05) is 19.5 Å². The van der Waals surface area contributed by atoms with Crippen molar-refractivity contribution in [3.05, 3.63) is 83.8 Å². The van der Waals surface area contributed by atoms with Crippen molar-refractivity contribution in [1.82, 2.24) is 15.2 Å². The lowest BCUT2D eigenvalue weighted by atomic mass is 10.1. The number of hydrogen-bond acceptors (Lipinski definition) is 6. The molecule has 0 radical (unpaired) electrons. The number of ether oxygens (including phenoxy) is 1. The second kappa shape index (κ2) is 11.2. The van der Waals surface area contributed by atoms with Gasteiger partial charge >= 0.3 is 5.91 Å². The summed E-state index contributed by atoms with van der Waals surface area (Å²) >= 11 is 0. The third-order valence-corrected chi connectivity index (χ3v) is 7.50. The fourth-order valence-corrected chi connectivity index (χ4v) is 5.18. The number of nitrogens with one attached hydrogen (secondary N) is 2. The van der Waals surface area contributed by atoms with E-state index in [0.717, 1.165) is 18.4 Å². The molecule has 3 aromatic rings. The van der Waals surface area contributed by atoms with Crippen LogP contribution in [0.5, 0.6) is 5.75 Å². The van der Waals surface area contributed by atoms with E-state index in [1.165, 1.54) is 10.4 Å². The molecule has 0 unspecified atom stereocenters. The molecule has 184 valence electrons. The second-order valence-corrected chi connectivity index (χ2v) is 10.1. The smallest absolute Gasteiger partial charge is 0.305 e. The first-order valence-corrected chi connectivity index (χ1v) is 12.8. The quantitative estimate of drug-likeness (QED) is 0.439. The predicted octanol–water partition coefficient (Wildman–Crippen LogP) is 3.04. The van der Waals surface area contributed by atoms with E-state index in [-0.39, 0.29) is 29.6 Å². The molecule has 10 heteroatoms. The summed E-state index contributed by atoms with van der Waals surface area (Å²) in [6.07, 6.45) is 2.28. The van der Waals surface area contributed by atoms with Crippen LogP contribution in [0.4, 0.5) is 0 Å². The summed E-state index contributed by atoms with van der Waals surface area (Å²) in [6, 6.07) is 18.9. The van der Waals surface area contributed by atoms with Gasteiger partial charge in [0.15, 0.2) is 5.76 Å². The van der Waals surface area contributed by atoms with Gasteiger partial charge in [0.1, 0.15) is 18.1 Å². The molecule has 2 amide bonds. The van der Waals surface area contributed by atoms with Crippen LogP contribution in [0.15, 0.2) is 76.0 Å². The Bertz CT molecular complexity index is 1250. The first kappa shape index (κ1) is 24.5. The minimum atomic E-state index is -3.46. The maximum absolute atomic E-state index is 12.6. The number of benzene rings is 2. The van der Waals surface area contributed by atoms with Gasteiger partial charge in [0.2, 0.25) is 15.9 Å². The summed E-state index contributed by atoms with van der Waals surface area (Å²) in [5.41, 5.74) is 5.50. The molecule has 0 bridgehead atoms. The van der Waals surface area contributed by atoms with Gasteiger partial charge in [-0.3, -0.25) is 20.4 Å². The number of carbonyl (C=O) groups is 2. The summed E-state index contributed by atoms with van der Waals surface area (Å²) in [5, 5.41) is 0. The molecule has 2 aromatic carbocycles. The van der Waals surface area contributed by atoms with Crippen LogP contribution in [0, 0.1) is 0 Å². The van der Waals surface area contributed by atoms with Crippen LogP contribution >= 0.6 is 0 Å². The third kappa shape index (κ3) is 6.49. The van der Waals surface area contributed by atoms with E-state index in [4.69, 9.17) is 9.15 Å². The average Bonchev–Trinajstić information content (AvgIpc) is 3.59. The van der Waals surface area contributed by atoms with Crippen LogP contribution in [0.2, 0.25) is 0 Å². The van der Waals surface area contributed by atoms with Gasteiger partial charge in [-0.1, -0.05) is 30.3 Å². The van der Waals surface area contributed by atoms with Crippen molar-refractivity contribution in [3.8, 4) is 5.75 Å². The number of furan rings is 1. The first-order chi connectivity index (χ1) is 16.9. The Hall–Kier alpha value is -3.63. The van der Waals surface area contributed by atoms with E-state index < -0.39 is 15.9 Å². The SMILES string of the molecule is O=C(CCc1ccc(S(=O)(=O)N2CCCC2)cc1)NNC(=O)c1ccc(COc2ccccc2)o1. The highest BCUT2D eigenvalue weighted by Crippen LogP contribution is 2.21. The topological polar surface area (TPSA) is 118 Å². The Labute approximate surface area is 204 Å². The Morgan fingerprint density at radius 3 is 2.34 bits per heavy atom. The minimum absolute atomic E-state index is 0.0479. The molecule has 2 heterocycles. The normalized spacial score (nSPS) is 13.9. The highest BCUT2D eigenvalue weighted by atomic mass is 32.2. The Morgan fingerprint density at radius 2 is 1.63 bits per heavy atom. The Balaban J connectivity index is 1.20. The van der Waals surface area contributed by atoms with E-state index in [2.05, 4.69) is 10.9 Å². The average molecular weight is 498 g/mol. The summed E-state index contributed by atoms with van der Waals surface area (Å²) < 4.78 is 37.7. The van der Waals surface area contributed by atoms with E-state index in [9.17, 15) is 18.0 Å². The number of sulfonamides is 1. The van der Waals surface area contributed by atoms with Gasteiger partial charge < -0.3 is 9.15 Å². The third-order valence-electron chi connectivity index (χ3n) is 5.59. The van der Waals surface area contributed by atoms with Crippen molar-refractivity contribution in [1.29, 1.82) is 0 Å². The monoisotopic (exact) mass is 497 g/mol. The molecule has 0 spiro atoms. The minimum Gasteiger partial charge on any atom is -0.486 e. The van der Waals surface area contributed by atoms with Crippen LogP contribution in [0.25, 0.3) is 0 Å². The molecule has 0 saturated carbocycles. The lowest BCUT2D eigenvalue weighted by molar-refractivity contribution is -0.121. The molecule has 1 aliphatic heterocycles. The number of carbonyl (C=O) groups excluding carboxylic acids is 2. The molecule has 35 heavy (non-hydrogen) atoms. The number of nitrogens with zero attached hydrogens (tertiary/aromatic N) is 1. The molecular weight excluding hydrogens is 470 g/mol. The molecule has 4 rings (SSSR count). The van der Waals surface area contributed by atoms with Gasteiger partial charge in [0.05, 0.1) is 4.90 Å². The maximum Gasteiger partial charge on any atom is 0.305 e. The zero-order valence-electron chi connectivity index (χ0n) is 19.1. The molecule has 2 N–H and O–H groups in total. The standard InChI is InChI=1S/C25H27N3O6S/c29-24(15-10-19-8-12-22(13-9-19)35(31,32)28-16-4-5-17-28)26-27-25(30)23-14-11-21(34-23)18-33-20-6-2-1-3-7-20/h1-3,6-9,11-14H,4-5,10,15-18H2,(H,26,29)(H,27,30). The summed E-state index contributed by atoms with van der Waals surface area (Å²) in [5.74, 6) is 0.240. The fraction of sp³-hybridized carbons (Fsp3) is 0.280. The fourth-order valence-electron chi connectivity index (χ4n) is 3.66. The Morgan fingerprint density at radius 1 is 0.914 bits per heavy atom. The lowest BCUT2D eigenvalue weighted by Gasteiger charge is -2.15. The van der Waals surface area contributed by atoms with Gasteiger partial charge in [-0.05, 0) is 61.2 Å². The van der Waals surface area contributed by atoms with E-state index >= 15 is 0 Å². The number of aryl methyl sites for hydroxylation is 1. The van der Waals surface area contributed by atoms with Crippen LogP contribution in [0.1, 0.15) is 41.1 Å². The van der Waals surface area contributed by atoms with Gasteiger partial charge in [0.25, 0.3) is 0 Å². The van der Waals surface area contributed by atoms with Gasteiger partial charge in [-0.2, -0.15) is 4.31 Å². The van der Waals surface area contributed by atoms with Crippen LogP contribution in [0.3, 0.4) is 0 Å². The van der Waals surface area contributed by atoms with Crippen molar-refractivity contribution in [3.63, 3.8) is 0 Å². The molecular formula is C25H27N3O6S. The largest absolute Gasteiger partial charge is 0.486 e. The maximum atomic E-state index is 12.6. The van der Waals surface area contributed by atoms with Gasteiger partial charge in [-0.15, -0.1) is 0 Å². The van der Waals surface area contributed by atoms with Crippen LogP contribution in [-0.4, -0.2) is 37.6 Å². The second-order valence-electron chi connectivity index (χ2n) is 8.13. The zero-order chi connectivity index (χ0) is 24.7. The van der Waals surface area contributed by atoms with Crippen molar-refractivity contribution >= 4 is 21.8 Å². The molecule has 1 aromatic heterocycles. The number of rotatable bonds is 9. The molecule has 1 fully saturated rings. The molecule has 9 nitrogen and oxygen atoms in total. The lowest BCUT2D eigenvalue weighted by Crippen LogP contribution is -2.41. The van der Waals surface area contributed by atoms with E-state index in [0.29, 0.717) is 31.0 Å². The van der Waals surface area contributed by atoms with Crippen LogP contribution < -0.4 is 15.6 Å². The molecule has 1 aliphatic rings. The van der Waals surface area contributed by atoms with Crippen molar-refractivity contribution < 1.29 is 27.2 Å². The van der Waals surface area contributed by atoms with Crippen molar-refractivity contribution in [2.45, 2.75) is 37.2 Å². The summed E-state index contributed by atoms with van der Waals surface area (Å²) in [6.45, 7) is 1.27. The van der Waals surface area contributed by atoms with Gasteiger partial charge in [-0.25, -0.2) is 8.42 Å². The van der Waals surface area contributed by atoms with Crippen molar-refractivity contribution in [2.75, 3.05) is 13.1 Å². The van der Waals surface area contributed by atoms with E-state index in [1.54, 1.807) is 30.3 Å². The zero-order valence-corrected chi connectivity index (χ0v) is 19.9. The highest BCUT2D eigenvalue weighted by Gasteiger charge is 2.26. The number of para-hydroxylation sites is 1. The highest BCUT2D eigenvalue weighted by molar-refractivity contribution is 7.89. The Kier molecular flexibility index (Phi) is 7.84. The number of hydrazine groups is 1. The van der Waals surface area contributed by atoms with Crippen LogP contribution in [-0.2, 0) is 27.8 Å². The summed E-state index contributed by atoms with van der Waals surface area (Å²) in [4.78, 5) is 24.6. The molecule has 0 atom stereocenters. The first-order valence-electron chi connectivity index (χ1n) is 11.4.